The molecule has 1 saturated heterocycles. The van der Waals surface area contributed by atoms with E-state index in [-0.39, 0.29) is 12.7 Å². The van der Waals surface area contributed by atoms with E-state index in [4.69, 9.17) is 4.98 Å². The van der Waals surface area contributed by atoms with Crippen molar-refractivity contribution in [2.75, 3.05) is 24.5 Å². The van der Waals surface area contributed by atoms with Crippen LogP contribution >= 0.6 is 11.3 Å². The van der Waals surface area contributed by atoms with Crippen LogP contribution in [0.1, 0.15) is 56.1 Å². The number of unbranched alkanes of at least 4 members (excludes halogenated alkanes) is 1. The SMILES string of the molecule is CCCCN(CC(F)(F)F)C(=O)C1c2ccccc2-c2ccc(-c3ncccc3-c3cccs3)c(N3CCCCC3NC=O)c21. The van der Waals surface area contributed by atoms with Crippen molar-refractivity contribution in [3.8, 4) is 32.8 Å². The molecule has 45 heavy (non-hydrogen) atoms. The lowest BCUT2D eigenvalue weighted by atomic mass is 9.88. The Bertz CT molecular complexity index is 1670. The number of carbonyl (C=O) groups excluding carboxylic acids is 2. The molecule has 0 bridgehead atoms. The molecule has 6 rings (SSSR count). The van der Waals surface area contributed by atoms with E-state index in [1.165, 1.54) is 0 Å². The van der Waals surface area contributed by atoms with Gasteiger partial charge in [-0.2, -0.15) is 13.2 Å². The van der Waals surface area contributed by atoms with Gasteiger partial charge in [0.15, 0.2) is 0 Å². The zero-order valence-corrected chi connectivity index (χ0v) is 25.8. The van der Waals surface area contributed by atoms with Crippen molar-refractivity contribution in [2.24, 2.45) is 0 Å². The topological polar surface area (TPSA) is 65.5 Å². The number of rotatable bonds is 10. The summed E-state index contributed by atoms with van der Waals surface area (Å²) in [4.78, 5) is 35.3. The van der Waals surface area contributed by atoms with Crippen molar-refractivity contribution in [3.63, 3.8) is 0 Å². The number of pyridine rings is 1. The molecule has 2 amide bonds. The van der Waals surface area contributed by atoms with Gasteiger partial charge in [-0.15, -0.1) is 11.3 Å². The molecule has 10 heteroatoms. The molecule has 2 unspecified atom stereocenters. The number of nitrogens with zero attached hydrogens (tertiary/aromatic N) is 3. The van der Waals surface area contributed by atoms with Gasteiger partial charge < -0.3 is 15.1 Å². The highest BCUT2D eigenvalue weighted by Gasteiger charge is 2.43. The van der Waals surface area contributed by atoms with Gasteiger partial charge >= 0.3 is 6.18 Å². The standard InChI is InChI=1S/C35H35F3N4O2S/c1-2-3-18-41(21-35(36,37)38)34(44)31-24-11-5-4-10-23(24)25-15-16-27(32-26(12-8-17-39-32)28-13-9-20-45-28)33(30(25)31)42-19-7-6-14-29(42)40-22-43/h4-5,8-13,15-17,20,22,29,31H,2-3,6-7,14,18-19,21H2,1H3,(H,40,43). The fourth-order valence-corrected chi connectivity index (χ4v) is 7.51. The number of anilines is 1. The molecule has 0 spiro atoms. The Morgan fingerprint density at radius 1 is 1.04 bits per heavy atom. The molecule has 2 atom stereocenters. The zero-order valence-electron chi connectivity index (χ0n) is 25.0. The minimum absolute atomic E-state index is 0.0136. The van der Waals surface area contributed by atoms with Crippen LogP contribution in [0.2, 0.25) is 0 Å². The molecule has 1 aliphatic heterocycles. The first-order valence-corrected chi connectivity index (χ1v) is 16.3. The van der Waals surface area contributed by atoms with E-state index in [1.807, 2.05) is 73.0 Å². The van der Waals surface area contributed by atoms with Crippen LogP contribution < -0.4 is 10.2 Å². The quantitative estimate of drug-likeness (QED) is 0.181. The van der Waals surface area contributed by atoms with Gasteiger partial charge in [-0.05, 0) is 66.0 Å². The number of thiophene rings is 1. The maximum Gasteiger partial charge on any atom is 0.406 e. The Labute approximate surface area is 264 Å². The molecule has 0 radical (unpaired) electrons. The first-order chi connectivity index (χ1) is 21.8. The largest absolute Gasteiger partial charge is 0.406 e. The second-order valence-corrected chi connectivity index (χ2v) is 12.5. The van der Waals surface area contributed by atoms with E-state index in [0.717, 1.165) is 50.6 Å². The fourth-order valence-electron chi connectivity index (χ4n) is 6.76. The van der Waals surface area contributed by atoms with Crippen molar-refractivity contribution in [1.82, 2.24) is 15.2 Å². The predicted octanol–water partition coefficient (Wildman–Crippen LogP) is 7.84. The molecule has 2 aromatic carbocycles. The number of fused-ring (bicyclic) bond motifs is 3. The van der Waals surface area contributed by atoms with Gasteiger partial charge in [-0.3, -0.25) is 14.6 Å². The number of alkyl halides is 3. The molecule has 2 aliphatic rings. The third-order valence-electron chi connectivity index (χ3n) is 8.68. The third kappa shape index (κ3) is 6.08. The van der Waals surface area contributed by atoms with Crippen molar-refractivity contribution >= 4 is 29.3 Å². The number of amides is 2. The predicted molar refractivity (Wildman–Crippen MR) is 172 cm³/mol. The van der Waals surface area contributed by atoms with Gasteiger partial charge in [0.05, 0.1) is 17.3 Å². The highest BCUT2D eigenvalue weighted by atomic mass is 32.1. The van der Waals surface area contributed by atoms with Crippen LogP contribution in [0.15, 0.2) is 72.2 Å². The Kier molecular flexibility index (Phi) is 8.94. The lowest BCUT2D eigenvalue weighted by molar-refractivity contribution is -0.161. The van der Waals surface area contributed by atoms with Gasteiger partial charge in [0.1, 0.15) is 12.7 Å². The number of hydrogen-bond donors (Lipinski definition) is 1. The molecular formula is C35H35F3N4O2S. The van der Waals surface area contributed by atoms with Crippen LogP contribution in [0, 0.1) is 0 Å². The number of nitrogens with one attached hydrogen (secondary N) is 1. The maximum absolute atomic E-state index is 14.5. The number of hydrogen-bond acceptors (Lipinski definition) is 5. The molecule has 4 aromatic rings. The van der Waals surface area contributed by atoms with Crippen LogP contribution in [0.25, 0.3) is 32.8 Å². The Hall–Kier alpha value is -4.18. The van der Waals surface area contributed by atoms with E-state index in [0.29, 0.717) is 49.0 Å². The smallest absolute Gasteiger partial charge is 0.350 e. The number of piperidine rings is 1. The Balaban J connectivity index is 1.62. The van der Waals surface area contributed by atoms with Crippen LogP contribution in [-0.4, -0.2) is 54.2 Å². The summed E-state index contributed by atoms with van der Waals surface area (Å²) in [5.74, 6) is -1.51. The molecule has 1 aliphatic carbocycles. The monoisotopic (exact) mass is 632 g/mol. The van der Waals surface area contributed by atoms with Crippen LogP contribution in [0.5, 0.6) is 0 Å². The summed E-state index contributed by atoms with van der Waals surface area (Å²) in [6, 6.07) is 19.4. The van der Waals surface area contributed by atoms with Gasteiger partial charge in [-0.25, -0.2) is 0 Å². The van der Waals surface area contributed by atoms with Crippen LogP contribution in [0.3, 0.4) is 0 Å². The summed E-state index contributed by atoms with van der Waals surface area (Å²) in [5, 5.41) is 4.98. The Morgan fingerprint density at radius 2 is 1.84 bits per heavy atom. The number of halogens is 3. The number of carbonyl (C=O) groups is 2. The van der Waals surface area contributed by atoms with E-state index in [1.54, 1.807) is 17.5 Å². The minimum atomic E-state index is -4.54. The summed E-state index contributed by atoms with van der Waals surface area (Å²) in [6.07, 6.45) is 1.14. The van der Waals surface area contributed by atoms with Gasteiger partial charge in [0, 0.05) is 40.9 Å². The first-order valence-electron chi connectivity index (χ1n) is 15.4. The van der Waals surface area contributed by atoms with E-state index in [2.05, 4.69) is 10.2 Å². The summed E-state index contributed by atoms with van der Waals surface area (Å²) < 4.78 is 41.7. The second-order valence-electron chi connectivity index (χ2n) is 11.5. The van der Waals surface area contributed by atoms with Gasteiger partial charge in [-0.1, -0.05) is 55.8 Å². The third-order valence-corrected chi connectivity index (χ3v) is 9.58. The first kappa shape index (κ1) is 30.8. The highest BCUT2D eigenvalue weighted by molar-refractivity contribution is 7.13. The Morgan fingerprint density at radius 3 is 2.60 bits per heavy atom. The fraction of sp³-hybridized carbons (Fsp3) is 0.343. The molecule has 234 valence electrons. The maximum atomic E-state index is 14.5. The van der Waals surface area contributed by atoms with Crippen molar-refractivity contribution in [3.05, 3.63) is 83.4 Å². The molecule has 1 N–H and O–H groups in total. The molecular weight excluding hydrogens is 597 g/mol. The summed E-state index contributed by atoms with van der Waals surface area (Å²) in [7, 11) is 0. The van der Waals surface area contributed by atoms with Crippen LogP contribution in [0.4, 0.5) is 18.9 Å². The second kappa shape index (κ2) is 13.0. The van der Waals surface area contributed by atoms with E-state index < -0.39 is 24.5 Å². The molecule has 6 nitrogen and oxygen atoms in total. The number of benzene rings is 2. The molecule has 1 fully saturated rings. The highest BCUT2D eigenvalue weighted by Crippen LogP contribution is 2.54. The number of aromatic nitrogens is 1. The van der Waals surface area contributed by atoms with Crippen molar-refractivity contribution in [2.45, 2.75) is 57.3 Å². The zero-order chi connectivity index (χ0) is 31.6. The average molecular weight is 633 g/mol. The van der Waals surface area contributed by atoms with E-state index >= 15 is 0 Å². The summed E-state index contributed by atoms with van der Waals surface area (Å²) in [6.45, 7) is 1.21. The normalized spacial score (nSPS) is 17.5. The average Bonchev–Trinajstić information content (AvgIpc) is 3.69. The van der Waals surface area contributed by atoms with Gasteiger partial charge in [0.2, 0.25) is 12.3 Å². The lowest BCUT2D eigenvalue weighted by Crippen LogP contribution is -2.49. The van der Waals surface area contributed by atoms with E-state index in [9.17, 15) is 22.8 Å². The molecule has 2 aromatic heterocycles. The summed E-state index contributed by atoms with van der Waals surface area (Å²) >= 11 is 1.59. The summed E-state index contributed by atoms with van der Waals surface area (Å²) in [5.41, 5.74) is 6.16. The van der Waals surface area contributed by atoms with Crippen molar-refractivity contribution in [1.29, 1.82) is 0 Å². The van der Waals surface area contributed by atoms with Crippen molar-refractivity contribution < 1.29 is 22.8 Å². The lowest BCUT2D eigenvalue weighted by Gasteiger charge is -2.40. The molecule has 0 saturated carbocycles. The van der Waals surface area contributed by atoms with Crippen LogP contribution in [-0.2, 0) is 9.59 Å². The van der Waals surface area contributed by atoms with Gasteiger partial charge in [0.25, 0.3) is 0 Å². The minimum Gasteiger partial charge on any atom is -0.350 e. The molecule has 3 heterocycles.